The molecule has 2 aromatic rings. The Balaban J connectivity index is 2.35. The van der Waals surface area contributed by atoms with Crippen molar-refractivity contribution in [2.45, 2.75) is 4.90 Å². The first-order chi connectivity index (χ1) is 8.99. The van der Waals surface area contributed by atoms with Gasteiger partial charge in [-0.1, -0.05) is 6.07 Å². The molecule has 0 spiro atoms. The first-order valence-electron chi connectivity index (χ1n) is 5.02. The van der Waals surface area contributed by atoms with Crippen LogP contribution in [0.5, 0.6) is 0 Å². The topological polar surface area (TPSA) is 115 Å². The van der Waals surface area contributed by atoms with Crippen LogP contribution in [0.3, 0.4) is 0 Å². The number of hydrogen-bond acceptors (Lipinski definition) is 6. The Morgan fingerprint density at radius 3 is 2.68 bits per heavy atom. The fourth-order valence-electron chi connectivity index (χ4n) is 1.31. The van der Waals surface area contributed by atoms with E-state index in [2.05, 4.69) is 14.7 Å². The van der Waals surface area contributed by atoms with Gasteiger partial charge in [0.15, 0.2) is 5.82 Å². The van der Waals surface area contributed by atoms with E-state index < -0.39 is 14.9 Å². The van der Waals surface area contributed by atoms with Crippen LogP contribution in [0.1, 0.15) is 0 Å². The molecule has 0 aliphatic carbocycles. The molecule has 1 aromatic carbocycles. The highest BCUT2D eigenvalue weighted by molar-refractivity contribution is 7.92. The summed E-state index contributed by atoms with van der Waals surface area (Å²) in [5.41, 5.74) is -0.304. The largest absolute Gasteiger partial charge is 0.270 e. The molecule has 0 fully saturated rings. The predicted octanol–water partition coefficient (Wildman–Crippen LogP) is 1.19. The maximum Gasteiger partial charge on any atom is 0.270 e. The highest BCUT2D eigenvalue weighted by Gasteiger charge is 2.18. The second-order valence-electron chi connectivity index (χ2n) is 3.45. The predicted molar refractivity (Wildman–Crippen MR) is 65.9 cm³/mol. The minimum atomic E-state index is -3.93. The quantitative estimate of drug-likeness (QED) is 0.664. The molecule has 2 rings (SSSR count). The number of nitrogens with zero attached hydrogens (tertiary/aromatic N) is 3. The van der Waals surface area contributed by atoms with Gasteiger partial charge in [0.25, 0.3) is 15.7 Å². The number of nitrogens with one attached hydrogen (secondary N) is 1. The first-order valence-corrected chi connectivity index (χ1v) is 6.51. The SMILES string of the molecule is O=[N+]([O-])c1cccc(S(=O)(=O)Nc2cnccn2)c1. The molecule has 8 nitrogen and oxygen atoms in total. The summed E-state index contributed by atoms with van der Waals surface area (Å²) in [5, 5.41) is 10.6. The Labute approximate surface area is 108 Å². The standard InChI is InChI=1S/C10H8N4O4S/c15-14(16)8-2-1-3-9(6-8)19(17,18)13-10-7-11-4-5-12-10/h1-7H,(H,12,13). The van der Waals surface area contributed by atoms with Crippen LogP contribution in [0.15, 0.2) is 47.8 Å². The maximum atomic E-state index is 12.0. The van der Waals surface area contributed by atoms with Gasteiger partial charge in [-0.25, -0.2) is 13.4 Å². The second kappa shape index (κ2) is 4.98. The van der Waals surface area contributed by atoms with E-state index in [4.69, 9.17) is 0 Å². The molecule has 0 radical (unpaired) electrons. The molecule has 0 saturated carbocycles. The lowest BCUT2D eigenvalue weighted by Gasteiger charge is -2.06. The summed E-state index contributed by atoms with van der Waals surface area (Å²) in [6.07, 6.45) is 3.95. The first kappa shape index (κ1) is 12.9. The molecular formula is C10H8N4O4S. The summed E-state index contributed by atoms with van der Waals surface area (Å²) < 4.78 is 26.1. The summed E-state index contributed by atoms with van der Waals surface area (Å²) in [6.45, 7) is 0. The van der Waals surface area contributed by atoms with Crippen LogP contribution in [0.25, 0.3) is 0 Å². The second-order valence-corrected chi connectivity index (χ2v) is 5.13. The van der Waals surface area contributed by atoms with Crippen LogP contribution in [0, 0.1) is 10.1 Å². The molecule has 1 aromatic heterocycles. The lowest BCUT2D eigenvalue weighted by Crippen LogP contribution is -2.14. The van der Waals surface area contributed by atoms with Gasteiger partial charge in [-0.05, 0) is 6.07 Å². The van der Waals surface area contributed by atoms with E-state index in [0.29, 0.717) is 0 Å². The van der Waals surface area contributed by atoms with Crippen LogP contribution in [-0.4, -0.2) is 23.3 Å². The highest BCUT2D eigenvalue weighted by Crippen LogP contribution is 2.19. The minimum absolute atomic E-state index is 0.0361. The molecule has 0 atom stereocenters. The maximum absolute atomic E-state index is 12.0. The molecule has 0 aliphatic rings. The summed E-state index contributed by atoms with van der Waals surface area (Å²) >= 11 is 0. The van der Waals surface area contributed by atoms with E-state index >= 15 is 0 Å². The Kier molecular flexibility index (Phi) is 3.38. The molecule has 0 unspecified atom stereocenters. The molecule has 98 valence electrons. The molecular weight excluding hydrogens is 272 g/mol. The van der Waals surface area contributed by atoms with Gasteiger partial charge in [0.1, 0.15) is 0 Å². The van der Waals surface area contributed by atoms with Crippen LogP contribution in [0.4, 0.5) is 11.5 Å². The lowest BCUT2D eigenvalue weighted by atomic mass is 10.3. The zero-order valence-electron chi connectivity index (χ0n) is 9.42. The van der Waals surface area contributed by atoms with Crippen molar-refractivity contribution >= 4 is 21.5 Å². The molecule has 19 heavy (non-hydrogen) atoms. The van der Waals surface area contributed by atoms with Crippen molar-refractivity contribution in [2.75, 3.05) is 4.72 Å². The third kappa shape index (κ3) is 3.01. The van der Waals surface area contributed by atoms with E-state index in [0.717, 1.165) is 6.07 Å². The fourth-order valence-corrected chi connectivity index (χ4v) is 2.34. The average Bonchev–Trinajstić information content (AvgIpc) is 2.39. The van der Waals surface area contributed by atoms with Crippen LogP contribution >= 0.6 is 0 Å². The van der Waals surface area contributed by atoms with E-state index in [-0.39, 0.29) is 16.4 Å². The number of non-ortho nitro benzene ring substituents is 1. The summed E-state index contributed by atoms with van der Waals surface area (Å²) in [4.78, 5) is 17.2. The third-order valence-electron chi connectivity index (χ3n) is 2.14. The van der Waals surface area contributed by atoms with E-state index in [1.165, 1.54) is 36.8 Å². The normalized spacial score (nSPS) is 10.9. The number of anilines is 1. The average molecular weight is 280 g/mol. The van der Waals surface area contributed by atoms with Crippen LogP contribution in [0.2, 0.25) is 0 Å². The Hall–Kier alpha value is -2.55. The lowest BCUT2D eigenvalue weighted by molar-refractivity contribution is -0.385. The summed E-state index contributed by atoms with van der Waals surface area (Å²) in [7, 11) is -3.93. The fraction of sp³-hybridized carbons (Fsp3) is 0. The van der Waals surface area contributed by atoms with Crippen molar-refractivity contribution in [1.29, 1.82) is 0 Å². The Bertz CT molecular complexity index is 702. The van der Waals surface area contributed by atoms with Gasteiger partial charge < -0.3 is 0 Å². The van der Waals surface area contributed by atoms with Crippen molar-refractivity contribution in [3.63, 3.8) is 0 Å². The molecule has 0 bridgehead atoms. The van der Waals surface area contributed by atoms with E-state index in [1.807, 2.05) is 0 Å². The smallest absolute Gasteiger partial charge is 0.262 e. The molecule has 9 heteroatoms. The molecule has 0 amide bonds. The van der Waals surface area contributed by atoms with E-state index in [1.54, 1.807) is 0 Å². The van der Waals surface area contributed by atoms with Crippen molar-refractivity contribution in [3.05, 3.63) is 53.0 Å². The summed E-state index contributed by atoms with van der Waals surface area (Å²) in [6, 6.07) is 4.73. The molecule has 1 N–H and O–H groups in total. The van der Waals surface area contributed by atoms with Crippen molar-refractivity contribution in [3.8, 4) is 0 Å². The molecule has 0 saturated heterocycles. The van der Waals surface area contributed by atoms with Gasteiger partial charge in [-0.3, -0.25) is 19.8 Å². The zero-order valence-corrected chi connectivity index (χ0v) is 10.2. The highest BCUT2D eigenvalue weighted by atomic mass is 32.2. The number of nitro groups is 1. The van der Waals surface area contributed by atoms with Crippen LogP contribution in [-0.2, 0) is 10.0 Å². The van der Waals surface area contributed by atoms with Gasteiger partial charge >= 0.3 is 0 Å². The Morgan fingerprint density at radius 1 is 1.26 bits per heavy atom. The number of sulfonamides is 1. The number of hydrogen-bond donors (Lipinski definition) is 1. The van der Waals surface area contributed by atoms with Crippen molar-refractivity contribution in [1.82, 2.24) is 9.97 Å². The van der Waals surface area contributed by atoms with Gasteiger partial charge in [0, 0.05) is 24.5 Å². The van der Waals surface area contributed by atoms with Gasteiger partial charge in [-0.15, -0.1) is 0 Å². The molecule has 0 aliphatic heterocycles. The van der Waals surface area contributed by atoms with E-state index in [9.17, 15) is 18.5 Å². The third-order valence-corrected chi connectivity index (χ3v) is 3.49. The minimum Gasteiger partial charge on any atom is -0.262 e. The Morgan fingerprint density at radius 2 is 2.05 bits per heavy atom. The van der Waals surface area contributed by atoms with Crippen LogP contribution < -0.4 is 4.72 Å². The van der Waals surface area contributed by atoms with Crippen molar-refractivity contribution in [2.24, 2.45) is 0 Å². The number of aromatic nitrogens is 2. The van der Waals surface area contributed by atoms with Gasteiger partial charge in [0.2, 0.25) is 0 Å². The van der Waals surface area contributed by atoms with Gasteiger partial charge in [0.05, 0.1) is 16.0 Å². The number of rotatable bonds is 4. The van der Waals surface area contributed by atoms with Crippen molar-refractivity contribution < 1.29 is 13.3 Å². The number of benzene rings is 1. The van der Waals surface area contributed by atoms with Gasteiger partial charge in [-0.2, -0.15) is 0 Å². The number of nitro benzene ring substituents is 1. The molecule has 1 heterocycles. The monoisotopic (exact) mass is 280 g/mol. The zero-order chi connectivity index (χ0) is 13.9. The summed E-state index contributed by atoms with van der Waals surface area (Å²) in [5.74, 6) is 0.0361.